The van der Waals surface area contributed by atoms with Crippen LogP contribution < -0.4 is 22.5 Å². The van der Waals surface area contributed by atoms with Crippen molar-refractivity contribution in [2.24, 2.45) is 17.2 Å². The van der Waals surface area contributed by atoms with E-state index in [1.54, 1.807) is 0 Å². The molecule has 0 unspecified atom stereocenters. The van der Waals surface area contributed by atoms with Gasteiger partial charge in [0.05, 0.1) is 0 Å². The van der Waals surface area contributed by atoms with E-state index in [9.17, 15) is 0 Å². The Kier molecular flexibility index (Phi) is 9.80. The summed E-state index contributed by atoms with van der Waals surface area (Å²) in [5.41, 5.74) is 16.0. The van der Waals surface area contributed by atoms with Crippen LogP contribution in [0, 0.1) is 0 Å². The maximum Gasteiger partial charge on any atom is 0.106 e. The number of nitrogens with two attached hydrogens (primary N) is 3. The van der Waals surface area contributed by atoms with Gasteiger partial charge in [-0.05, 0) is 25.9 Å². The van der Waals surface area contributed by atoms with Crippen molar-refractivity contribution in [3.8, 4) is 0 Å². The maximum atomic E-state index is 5.39. The Morgan fingerprint density at radius 2 is 1.38 bits per heavy atom. The van der Waals surface area contributed by atoms with E-state index in [1.165, 1.54) is 25.7 Å². The van der Waals surface area contributed by atoms with Gasteiger partial charge in [0.2, 0.25) is 0 Å². The lowest BCUT2D eigenvalue weighted by atomic mass is 10.1. The van der Waals surface area contributed by atoms with Crippen LogP contribution in [-0.2, 0) is 0 Å². The van der Waals surface area contributed by atoms with Crippen molar-refractivity contribution >= 4 is 0 Å². The molecule has 0 radical (unpaired) electrons. The molecule has 0 aliphatic carbocycles. The lowest BCUT2D eigenvalue weighted by Gasteiger charge is -2.07. The molecule has 0 spiro atoms. The molecule has 0 aromatic heterocycles. The van der Waals surface area contributed by atoms with E-state index in [-0.39, 0.29) is 6.29 Å². The SMILES string of the molecule is NCCCCCCCCNC(N)N. The fourth-order valence-corrected chi connectivity index (χ4v) is 1.25. The predicted molar refractivity (Wildman–Crippen MR) is 56.9 cm³/mol. The van der Waals surface area contributed by atoms with E-state index >= 15 is 0 Å². The summed E-state index contributed by atoms with van der Waals surface area (Å²) < 4.78 is 0. The molecule has 0 saturated carbocycles. The molecule has 0 bridgehead atoms. The summed E-state index contributed by atoms with van der Waals surface area (Å²) in [6.07, 6.45) is 7.06. The molecule has 0 aromatic carbocycles. The van der Waals surface area contributed by atoms with Crippen molar-refractivity contribution in [3.05, 3.63) is 0 Å². The van der Waals surface area contributed by atoms with E-state index in [1.807, 2.05) is 0 Å². The predicted octanol–water partition coefficient (Wildman–Crippen LogP) is 0.0763. The van der Waals surface area contributed by atoms with Gasteiger partial charge in [0, 0.05) is 0 Å². The summed E-state index contributed by atoms with van der Waals surface area (Å²) in [6, 6.07) is 0. The zero-order chi connectivity index (χ0) is 9.94. The summed E-state index contributed by atoms with van der Waals surface area (Å²) in [4.78, 5) is 0. The first-order chi connectivity index (χ1) is 6.27. The van der Waals surface area contributed by atoms with E-state index in [4.69, 9.17) is 17.2 Å². The van der Waals surface area contributed by atoms with E-state index < -0.39 is 0 Å². The molecule has 0 fully saturated rings. The topological polar surface area (TPSA) is 90.1 Å². The first-order valence-corrected chi connectivity index (χ1v) is 5.22. The minimum atomic E-state index is -0.364. The average Bonchev–Trinajstić information content (AvgIpc) is 2.09. The van der Waals surface area contributed by atoms with Crippen molar-refractivity contribution in [1.82, 2.24) is 5.32 Å². The fourth-order valence-electron chi connectivity index (χ4n) is 1.25. The minimum absolute atomic E-state index is 0.364. The Bertz CT molecular complexity index is 95.6. The molecule has 0 rings (SSSR count). The number of nitrogens with one attached hydrogen (secondary N) is 1. The Balaban J connectivity index is 2.84. The van der Waals surface area contributed by atoms with Crippen LogP contribution >= 0.6 is 0 Å². The molecular formula is C9H24N4. The highest BCUT2D eigenvalue weighted by atomic mass is 15.1. The van der Waals surface area contributed by atoms with Gasteiger partial charge in [0.1, 0.15) is 6.29 Å². The summed E-state index contributed by atoms with van der Waals surface area (Å²) in [5, 5.41) is 2.98. The van der Waals surface area contributed by atoms with Crippen LogP contribution in [0.5, 0.6) is 0 Å². The van der Waals surface area contributed by atoms with Crippen LogP contribution in [0.2, 0.25) is 0 Å². The molecule has 0 aliphatic rings. The molecule has 80 valence electrons. The van der Waals surface area contributed by atoms with Crippen LogP contribution in [0.15, 0.2) is 0 Å². The zero-order valence-corrected chi connectivity index (χ0v) is 8.47. The smallest absolute Gasteiger partial charge is 0.106 e. The first kappa shape index (κ1) is 12.8. The molecule has 0 aliphatic heterocycles. The van der Waals surface area contributed by atoms with E-state index in [2.05, 4.69) is 5.32 Å². The average molecular weight is 188 g/mol. The van der Waals surface area contributed by atoms with Crippen LogP contribution in [0.4, 0.5) is 0 Å². The maximum absolute atomic E-state index is 5.39. The highest BCUT2D eigenvalue weighted by Crippen LogP contribution is 2.03. The molecule has 0 amide bonds. The van der Waals surface area contributed by atoms with Crippen molar-refractivity contribution in [3.63, 3.8) is 0 Å². The Morgan fingerprint density at radius 1 is 0.846 bits per heavy atom. The Hall–Kier alpha value is -0.160. The number of unbranched alkanes of at least 4 members (excludes halogenated alkanes) is 5. The third kappa shape index (κ3) is 11.8. The van der Waals surface area contributed by atoms with Crippen LogP contribution in [0.25, 0.3) is 0 Å². The highest BCUT2D eigenvalue weighted by Gasteiger charge is 1.92. The molecule has 0 atom stereocenters. The van der Waals surface area contributed by atoms with Crippen LogP contribution in [-0.4, -0.2) is 19.4 Å². The van der Waals surface area contributed by atoms with Gasteiger partial charge in [-0.3, -0.25) is 5.32 Å². The second-order valence-electron chi connectivity index (χ2n) is 3.39. The van der Waals surface area contributed by atoms with Gasteiger partial charge in [-0.2, -0.15) is 0 Å². The second-order valence-corrected chi connectivity index (χ2v) is 3.39. The highest BCUT2D eigenvalue weighted by molar-refractivity contribution is 4.51. The Labute approximate surface area is 81.2 Å². The van der Waals surface area contributed by atoms with Crippen molar-refractivity contribution in [2.45, 2.75) is 44.8 Å². The summed E-state index contributed by atoms with van der Waals surface area (Å²) in [6.45, 7) is 1.75. The molecule has 0 saturated heterocycles. The lowest BCUT2D eigenvalue weighted by Crippen LogP contribution is -2.45. The lowest BCUT2D eigenvalue weighted by molar-refractivity contribution is 0.509. The number of hydrogen-bond acceptors (Lipinski definition) is 4. The standard InChI is InChI=1S/C9H24N4/c10-7-5-3-1-2-4-6-8-13-9(11)12/h9,13H,1-8,10-12H2. The first-order valence-electron chi connectivity index (χ1n) is 5.22. The van der Waals surface area contributed by atoms with Crippen LogP contribution in [0.3, 0.4) is 0 Å². The number of rotatable bonds is 9. The van der Waals surface area contributed by atoms with Crippen molar-refractivity contribution < 1.29 is 0 Å². The summed E-state index contributed by atoms with van der Waals surface area (Å²) in [7, 11) is 0. The Morgan fingerprint density at radius 3 is 1.92 bits per heavy atom. The monoisotopic (exact) mass is 188 g/mol. The van der Waals surface area contributed by atoms with Gasteiger partial charge < -0.3 is 17.2 Å². The van der Waals surface area contributed by atoms with E-state index in [0.29, 0.717) is 0 Å². The second kappa shape index (κ2) is 9.92. The molecule has 4 nitrogen and oxygen atoms in total. The van der Waals surface area contributed by atoms with Gasteiger partial charge in [-0.1, -0.05) is 25.7 Å². The molecule has 13 heavy (non-hydrogen) atoms. The van der Waals surface area contributed by atoms with Gasteiger partial charge in [0.25, 0.3) is 0 Å². The third-order valence-corrected chi connectivity index (χ3v) is 2.01. The third-order valence-electron chi connectivity index (χ3n) is 2.01. The molecule has 0 heterocycles. The molecule has 7 N–H and O–H groups in total. The van der Waals surface area contributed by atoms with Gasteiger partial charge in [0.15, 0.2) is 0 Å². The van der Waals surface area contributed by atoms with Crippen molar-refractivity contribution in [1.29, 1.82) is 0 Å². The van der Waals surface area contributed by atoms with Gasteiger partial charge >= 0.3 is 0 Å². The number of hydrogen-bond donors (Lipinski definition) is 4. The van der Waals surface area contributed by atoms with Gasteiger partial charge in [-0.15, -0.1) is 0 Å². The van der Waals surface area contributed by atoms with E-state index in [0.717, 1.165) is 25.9 Å². The molecule has 4 heteroatoms. The fraction of sp³-hybridized carbons (Fsp3) is 1.00. The quantitative estimate of drug-likeness (QED) is 0.304. The normalized spacial score (nSPS) is 11.1. The van der Waals surface area contributed by atoms with Crippen LogP contribution in [0.1, 0.15) is 38.5 Å². The molecule has 0 aromatic rings. The zero-order valence-electron chi connectivity index (χ0n) is 8.47. The largest absolute Gasteiger partial charge is 0.330 e. The minimum Gasteiger partial charge on any atom is -0.330 e. The summed E-state index contributed by atoms with van der Waals surface area (Å²) in [5.74, 6) is 0. The molecular weight excluding hydrogens is 164 g/mol. The summed E-state index contributed by atoms with van der Waals surface area (Å²) >= 11 is 0. The van der Waals surface area contributed by atoms with Gasteiger partial charge in [-0.25, -0.2) is 0 Å². The van der Waals surface area contributed by atoms with Crippen molar-refractivity contribution in [2.75, 3.05) is 13.1 Å².